The predicted molar refractivity (Wildman–Crippen MR) is 84.2 cm³/mol. The van der Waals surface area contributed by atoms with Crippen molar-refractivity contribution >= 4 is 21.6 Å². The number of nitrogen functional groups attached to an aromatic ring is 1. The van der Waals surface area contributed by atoms with Crippen LogP contribution in [-0.2, 0) is 9.84 Å². The minimum Gasteiger partial charge on any atom is -0.399 e. The van der Waals surface area contributed by atoms with Gasteiger partial charge in [-0.3, -0.25) is 0 Å². The quantitative estimate of drug-likeness (QED) is 0.875. The Morgan fingerprint density at radius 3 is 1.70 bits per heavy atom. The fourth-order valence-corrected chi connectivity index (χ4v) is 2.83. The molecule has 2 aromatic rings. The summed E-state index contributed by atoms with van der Waals surface area (Å²) in [5.74, 6) is 0. The molecule has 20 heavy (non-hydrogen) atoms. The van der Waals surface area contributed by atoms with Gasteiger partial charge in [-0.25, -0.2) is 8.42 Å². The average Bonchev–Trinajstić information content (AvgIpc) is 2.50. The summed E-state index contributed by atoms with van der Waals surface area (Å²) >= 11 is 0. The zero-order valence-corrected chi connectivity index (χ0v) is 12.5. The first-order chi connectivity index (χ1) is 9.54. The third-order valence-corrected chi connectivity index (χ3v) is 4.40. The summed E-state index contributed by atoms with van der Waals surface area (Å²) in [6.45, 7) is 7.63. The van der Waals surface area contributed by atoms with E-state index in [-0.39, 0.29) is 9.79 Å². The Morgan fingerprint density at radius 2 is 1.30 bits per heavy atom. The van der Waals surface area contributed by atoms with Crippen LogP contribution in [0.4, 0.5) is 5.69 Å². The van der Waals surface area contributed by atoms with Gasteiger partial charge in [-0.15, -0.1) is 0 Å². The molecule has 0 bridgehead atoms. The summed E-state index contributed by atoms with van der Waals surface area (Å²) in [7, 11) is -3.47. The molecule has 0 aliphatic carbocycles. The monoisotopic (exact) mass is 289 g/mol. The Balaban J connectivity index is 0.000000956. The highest BCUT2D eigenvalue weighted by molar-refractivity contribution is 7.91. The smallest absolute Gasteiger partial charge is 0.206 e. The van der Waals surface area contributed by atoms with Crippen molar-refractivity contribution in [2.24, 2.45) is 0 Å². The number of hydrogen-bond acceptors (Lipinski definition) is 3. The summed E-state index contributed by atoms with van der Waals surface area (Å²) in [5.41, 5.74) is 6.96. The van der Waals surface area contributed by atoms with Gasteiger partial charge in [-0.1, -0.05) is 38.6 Å². The first-order valence-electron chi connectivity index (χ1n) is 6.37. The van der Waals surface area contributed by atoms with Gasteiger partial charge in [0.1, 0.15) is 0 Å². The van der Waals surface area contributed by atoms with Crippen molar-refractivity contribution in [3.05, 3.63) is 60.7 Å². The van der Waals surface area contributed by atoms with Gasteiger partial charge in [0, 0.05) is 5.69 Å². The van der Waals surface area contributed by atoms with E-state index in [2.05, 4.69) is 6.58 Å². The van der Waals surface area contributed by atoms with E-state index < -0.39 is 9.84 Å². The molecule has 0 saturated carbocycles. The number of rotatable bonds is 3. The minimum absolute atomic E-state index is 0.239. The summed E-state index contributed by atoms with van der Waals surface area (Å²) in [4.78, 5) is 0.501. The number of anilines is 1. The Hall–Kier alpha value is -2.07. The zero-order chi connectivity index (χ0) is 15.2. The highest BCUT2D eigenvalue weighted by atomic mass is 32.2. The molecule has 2 N–H and O–H groups in total. The lowest BCUT2D eigenvalue weighted by molar-refractivity contribution is 0.596. The molecule has 0 spiro atoms. The third-order valence-electron chi connectivity index (χ3n) is 2.62. The molecule has 2 aromatic carbocycles. The molecule has 0 radical (unpaired) electrons. The minimum atomic E-state index is -3.47. The van der Waals surface area contributed by atoms with Gasteiger partial charge in [-0.05, 0) is 42.0 Å². The van der Waals surface area contributed by atoms with Crippen molar-refractivity contribution in [2.45, 2.75) is 23.6 Å². The van der Waals surface area contributed by atoms with Crippen LogP contribution in [0.1, 0.15) is 19.4 Å². The van der Waals surface area contributed by atoms with Crippen LogP contribution < -0.4 is 5.73 Å². The molecular formula is C16H19NO2S. The highest BCUT2D eigenvalue weighted by Gasteiger charge is 2.16. The summed E-state index contributed by atoms with van der Waals surface area (Å²) < 4.78 is 24.6. The summed E-state index contributed by atoms with van der Waals surface area (Å²) in [5, 5.41) is 0. The molecule has 0 atom stereocenters. The van der Waals surface area contributed by atoms with Gasteiger partial charge in [-0.2, -0.15) is 0 Å². The van der Waals surface area contributed by atoms with Crippen molar-refractivity contribution in [1.82, 2.24) is 0 Å². The van der Waals surface area contributed by atoms with Crippen LogP contribution in [0.15, 0.2) is 64.9 Å². The lowest BCUT2D eigenvalue weighted by atomic mass is 10.2. The first kappa shape index (κ1) is 16.0. The van der Waals surface area contributed by atoms with Gasteiger partial charge < -0.3 is 5.73 Å². The van der Waals surface area contributed by atoms with Crippen LogP contribution in [0, 0.1) is 0 Å². The van der Waals surface area contributed by atoms with Crippen LogP contribution in [0.5, 0.6) is 0 Å². The molecule has 0 aliphatic rings. The van der Waals surface area contributed by atoms with Crippen LogP contribution >= 0.6 is 0 Å². The number of hydrogen-bond donors (Lipinski definition) is 1. The van der Waals surface area contributed by atoms with E-state index in [9.17, 15) is 8.42 Å². The van der Waals surface area contributed by atoms with E-state index in [0.29, 0.717) is 5.69 Å². The van der Waals surface area contributed by atoms with Crippen LogP contribution in [0.3, 0.4) is 0 Å². The second-order valence-electron chi connectivity index (χ2n) is 3.85. The topological polar surface area (TPSA) is 60.2 Å². The van der Waals surface area contributed by atoms with Crippen LogP contribution in [0.2, 0.25) is 0 Å². The van der Waals surface area contributed by atoms with Gasteiger partial charge in [0.05, 0.1) is 9.79 Å². The van der Waals surface area contributed by atoms with Crippen molar-refractivity contribution in [2.75, 3.05) is 5.73 Å². The van der Waals surface area contributed by atoms with E-state index in [1.165, 1.54) is 12.1 Å². The van der Waals surface area contributed by atoms with Crippen LogP contribution in [0.25, 0.3) is 6.08 Å². The molecule has 3 nitrogen and oxygen atoms in total. The SMILES string of the molecule is C=Cc1ccc(S(=O)(=O)c2ccc(N)cc2)cc1.CC. The van der Waals surface area contributed by atoms with Crippen LogP contribution in [-0.4, -0.2) is 8.42 Å². The number of sulfone groups is 1. The Labute approximate surface area is 120 Å². The molecule has 0 fully saturated rings. The molecule has 0 amide bonds. The molecular weight excluding hydrogens is 270 g/mol. The lowest BCUT2D eigenvalue weighted by Gasteiger charge is -2.05. The van der Waals surface area contributed by atoms with Gasteiger partial charge in [0.2, 0.25) is 9.84 Å². The summed E-state index contributed by atoms with van der Waals surface area (Å²) in [6.07, 6.45) is 1.67. The maximum absolute atomic E-state index is 12.3. The molecule has 4 heteroatoms. The third kappa shape index (κ3) is 3.48. The van der Waals surface area contributed by atoms with Crippen molar-refractivity contribution in [3.8, 4) is 0 Å². The maximum atomic E-state index is 12.3. The second-order valence-corrected chi connectivity index (χ2v) is 5.80. The number of benzene rings is 2. The Morgan fingerprint density at radius 1 is 0.900 bits per heavy atom. The summed E-state index contributed by atoms with van der Waals surface area (Å²) in [6, 6.07) is 12.7. The first-order valence-corrected chi connectivity index (χ1v) is 7.85. The van der Waals surface area contributed by atoms with Gasteiger partial charge >= 0.3 is 0 Å². The van der Waals surface area contributed by atoms with E-state index >= 15 is 0 Å². The lowest BCUT2D eigenvalue weighted by Crippen LogP contribution is -2.02. The molecule has 0 aliphatic heterocycles. The predicted octanol–water partition coefficient (Wildman–Crippen LogP) is 3.77. The number of nitrogens with two attached hydrogens (primary N) is 1. The molecule has 0 saturated heterocycles. The molecule has 0 unspecified atom stereocenters. The normalized spacial score (nSPS) is 10.3. The van der Waals surface area contributed by atoms with Gasteiger partial charge in [0.25, 0.3) is 0 Å². The highest BCUT2D eigenvalue weighted by Crippen LogP contribution is 2.22. The molecule has 0 aromatic heterocycles. The van der Waals surface area contributed by atoms with E-state index in [1.54, 1.807) is 42.5 Å². The fraction of sp³-hybridized carbons (Fsp3) is 0.125. The Bertz CT molecular complexity index is 657. The van der Waals surface area contributed by atoms with E-state index in [4.69, 9.17) is 5.73 Å². The fourth-order valence-electron chi connectivity index (χ4n) is 1.57. The zero-order valence-electron chi connectivity index (χ0n) is 11.7. The van der Waals surface area contributed by atoms with E-state index in [1.807, 2.05) is 13.8 Å². The molecule has 106 valence electrons. The van der Waals surface area contributed by atoms with Crippen molar-refractivity contribution < 1.29 is 8.42 Å². The molecule has 2 rings (SSSR count). The van der Waals surface area contributed by atoms with Crippen molar-refractivity contribution in [3.63, 3.8) is 0 Å². The average molecular weight is 289 g/mol. The maximum Gasteiger partial charge on any atom is 0.206 e. The molecule has 0 heterocycles. The second kappa shape index (κ2) is 6.91. The standard InChI is InChI=1S/C14H13NO2S.C2H6/c1-2-11-3-7-13(8-4-11)18(16,17)14-9-5-12(15)6-10-14;1-2/h2-10H,1,15H2;1-2H3. The largest absolute Gasteiger partial charge is 0.399 e. The van der Waals surface area contributed by atoms with Crippen molar-refractivity contribution in [1.29, 1.82) is 0 Å². The van der Waals surface area contributed by atoms with Gasteiger partial charge in [0.15, 0.2) is 0 Å². The Kier molecular flexibility index (Phi) is 5.53. The van der Waals surface area contributed by atoms with E-state index in [0.717, 1.165) is 5.56 Å².